The van der Waals surface area contributed by atoms with Crippen LogP contribution in [-0.4, -0.2) is 144 Å². The number of aliphatic hydroxyl groups excluding tert-OH is 3. The molecule has 2 saturated heterocycles. The number of rotatable bonds is 10. The van der Waals surface area contributed by atoms with Gasteiger partial charge in [0.15, 0.2) is 5.78 Å². The number of aliphatic hydroxyl groups is 4. The number of fused-ring (bicyclic) bond motifs is 3. The molecule has 3 aliphatic heterocycles. The Balaban J connectivity index is 1.54. The number of cyclic esters (lactones) is 1. The number of ether oxygens (including phenoxy) is 6. The molecule has 0 spiro atoms. The van der Waals surface area contributed by atoms with Crippen molar-refractivity contribution < 1.29 is 72.8 Å². The summed E-state index contributed by atoms with van der Waals surface area (Å²) in [5.41, 5.74) is 2.05. The molecule has 16 heteroatoms. The predicted molar refractivity (Wildman–Crippen MR) is 283 cm³/mol. The van der Waals surface area contributed by atoms with Crippen LogP contribution in [-0.2, 0) is 42.9 Å². The number of ketones is 3. The molecule has 15 atom stereocenters. The number of carbonyl (C=O) groups is 5. The summed E-state index contributed by atoms with van der Waals surface area (Å²) in [4.78, 5) is 73.0. The molecule has 1 amide bonds. The molecule has 0 aromatic heterocycles. The number of benzene rings is 1. The van der Waals surface area contributed by atoms with E-state index in [1.807, 2.05) is 64.1 Å². The Hall–Kier alpha value is -4.55. The number of Topliss-reactive ketones (excluding diaryl/α,β-unsaturated/α-hetero) is 3. The maximum absolute atomic E-state index is 14.6. The quantitative estimate of drug-likeness (QED) is 0.102. The van der Waals surface area contributed by atoms with Crippen LogP contribution in [0.5, 0.6) is 11.5 Å². The molecule has 4 N–H and O–H groups in total. The lowest BCUT2D eigenvalue weighted by Crippen LogP contribution is -2.60. The van der Waals surface area contributed by atoms with Crippen LogP contribution in [0.1, 0.15) is 137 Å². The van der Waals surface area contributed by atoms with Crippen molar-refractivity contribution in [3.05, 3.63) is 71.4 Å². The minimum absolute atomic E-state index is 0.0299. The van der Waals surface area contributed by atoms with Gasteiger partial charge in [0.25, 0.3) is 11.7 Å². The molecule has 0 unspecified atom stereocenters. The van der Waals surface area contributed by atoms with Crippen LogP contribution in [0, 0.1) is 35.5 Å². The highest BCUT2D eigenvalue weighted by Gasteiger charge is 2.53. The monoisotopic (exact) mass is 1050 g/mol. The molecular weight excluding hydrogens is 963 g/mol. The van der Waals surface area contributed by atoms with Gasteiger partial charge in [-0.3, -0.25) is 19.2 Å². The van der Waals surface area contributed by atoms with Gasteiger partial charge in [-0.15, -0.1) is 0 Å². The summed E-state index contributed by atoms with van der Waals surface area (Å²) in [6, 6.07) is 4.21. The van der Waals surface area contributed by atoms with Crippen LogP contribution in [0.25, 0.3) is 0 Å². The molecule has 1 aromatic rings. The van der Waals surface area contributed by atoms with Crippen molar-refractivity contribution in [3.63, 3.8) is 0 Å². The third-order valence-corrected chi connectivity index (χ3v) is 16.2. The Bertz CT molecular complexity index is 2220. The second-order valence-electron chi connectivity index (χ2n) is 21.9. The van der Waals surface area contributed by atoms with Gasteiger partial charge >= 0.3 is 5.97 Å². The Labute approximate surface area is 444 Å². The Morgan fingerprint density at radius 2 is 1.61 bits per heavy atom. The topological polar surface area (TPSA) is 225 Å². The molecule has 1 saturated carbocycles. The standard InChI is InChI=1S/C59H87NO15/c1-35-16-12-11-13-17-36(2)46(45-23-22-43(73-27-26-61)33-51(45)70-8)32-44-21-19-41(7)59(69,75-44)56(66)57(67)60-25-15-14-18-47(60)58(68)74-50(38(4)30-42-20-24-48(62)52(31-42)71-9)34-49(63)37(3)29-40(6)54(65)55(72-10)53(64)39(5)28-35/h11-13,16-17,22-23,29,33,35,37-39,41-42,44,46-48,50,52,54-55,61-62,65,69H,14-15,18-21,24-28,30-32,34H2,1-10H3/b13-11?,16-12+,36-17?,40-29+/t35-,37-,38-,39-,41-,42+,44+,46+,47+,48-,50+,52-,54-,55+,59-/m1/s1. The molecule has 3 heterocycles. The number of piperidine rings is 1. The van der Waals surface area contributed by atoms with Gasteiger partial charge < -0.3 is 53.7 Å². The number of methoxy groups -OCH3 is 3. The van der Waals surface area contributed by atoms with E-state index in [-0.39, 0.29) is 80.4 Å². The van der Waals surface area contributed by atoms with Crippen LogP contribution in [0.4, 0.5) is 0 Å². The van der Waals surface area contributed by atoms with E-state index < -0.39 is 77.8 Å². The normalized spacial score (nSPS) is 35.4. The lowest BCUT2D eigenvalue weighted by Gasteiger charge is -2.43. The van der Waals surface area contributed by atoms with Crippen LogP contribution in [0.2, 0.25) is 0 Å². The third kappa shape index (κ3) is 16.0. The molecule has 0 radical (unpaired) electrons. The maximum atomic E-state index is 14.6. The van der Waals surface area contributed by atoms with Crippen molar-refractivity contribution >= 4 is 29.2 Å². The Kier molecular flexibility index (Phi) is 23.5. The summed E-state index contributed by atoms with van der Waals surface area (Å²) in [7, 11) is 4.48. The van der Waals surface area contributed by atoms with Crippen molar-refractivity contribution in [1.82, 2.24) is 4.90 Å². The van der Waals surface area contributed by atoms with Crippen molar-refractivity contribution in [2.24, 2.45) is 35.5 Å². The van der Waals surface area contributed by atoms with E-state index in [4.69, 9.17) is 28.4 Å². The lowest BCUT2D eigenvalue weighted by atomic mass is 9.78. The number of allylic oxidation sites excluding steroid dienone is 7. The first-order valence-electron chi connectivity index (χ1n) is 27.2. The van der Waals surface area contributed by atoms with Crippen LogP contribution in [0.3, 0.4) is 0 Å². The third-order valence-electron chi connectivity index (χ3n) is 16.2. The predicted octanol–water partition coefficient (Wildman–Crippen LogP) is 7.33. The van der Waals surface area contributed by atoms with Crippen molar-refractivity contribution in [2.75, 3.05) is 41.1 Å². The number of esters is 1. The fourth-order valence-corrected chi connectivity index (χ4v) is 11.5. The second kappa shape index (κ2) is 28.7. The van der Waals surface area contributed by atoms with Gasteiger partial charge in [-0.25, -0.2) is 4.79 Å². The summed E-state index contributed by atoms with van der Waals surface area (Å²) >= 11 is 0. The first-order chi connectivity index (χ1) is 35.7. The zero-order valence-electron chi connectivity index (χ0n) is 46.1. The second-order valence-corrected chi connectivity index (χ2v) is 21.9. The van der Waals surface area contributed by atoms with E-state index in [1.54, 1.807) is 53.2 Å². The van der Waals surface area contributed by atoms with Gasteiger partial charge in [-0.2, -0.15) is 0 Å². The number of hydrogen-bond acceptors (Lipinski definition) is 15. The van der Waals surface area contributed by atoms with E-state index in [0.717, 1.165) is 11.1 Å². The highest BCUT2D eigenvalue weighted by Crippen LogP contribution is 2.43. The van der Waals surface area contributed by atoms with Crippen LogP contribution < -0.4 is 9.47 Å². The van der Waals surface area contributed by atoms with E-state index >= 15 is 0 Å². The average Bonchev–Trinajstić information content (AvgIpc) is 3.39. The molecule has 75 heavy (non-hydrogen) atoms. The highest BCUT2D eigenvalue weighted by atomic mass is 16.6. The summed E-state index contributed by atoms with van der Waals surface area (Å²) in [5.74, 6) is -7.76. The Morgan fingerprint density at radius 1 is 0.867 bits per heavy atom. The van der Waals surface area contributed by atoms with Gasteiger partial charge in [0.05, 0.1) is 32.0 Å². The zero-order chi connectivity index (χ0) is 55.1. The molecule has 1 aromatic carbocycles. The molecule has 3 fully saturated rings. The minimum Gasteiger partial charge on any atom is -0.496 e. The maximum Gasteiger partial charge on any atom is 0.329 e. The van der Waals surface area contributed by atoms with Gasteiger partial charge in [-0.05, 0) is 114 Å². The molecular formula is C59H87NO15. The van der Waals surface area contributed by atoms with Gasteiger partial charge in [0.2, 0.25) is 5.79 Å². The molecule has 1 aliphatic carbocycles. The Morgan fingerprint density at radius 3 is 2.31 bits per heavy atom. The first kappa shape index (κ1) is 61.3. The average molecular weight is 1050 g/mol. The van der Waals surface area contributed by atoms with Gasteiger partial charge in [0, 0.05) is 62.5 Å². The number of amides is 1. The smallest absolute Gasteiger partial charge is 0.329 e. The fourth-order valence-electron chi connectivity index (χ4n) is 11.5. The molecule has 418 valence electrons. The van der Waals surface area contributed by atoms with E-state index in [0.29, 0.717) is 74.9 Å². The van der Waals surface area contributed by atoms with E-state index in [2.05, 4.69) is 0 Å². The zero-order valence-corrected chi connectivity index (χ0v) is 46.1. The summed E-state index contributed by atoms with van der Waals surface area (Å²) < 4.78 is 35.5. The van der Waals surface area contributed by atoms with Crippen LogP contribution >= 0.6 is 0 Å². The number of hydrogen-bond donors (Lipinski definition) is 4. The summed E-state index contributed by atoms with van der Waals surface area (Å²) in [6.45, 7) is 12.6. The molecule has 5 rings (SSSR count). The van der Waals surface area contributed by atoms with E-state index in [1.165, 1.54) is 12.0 Å². The van der Waals surface area contributed by atoms with E-state index in [9.17, 15) is 44.4 Å². The van der Waals surface area contributed by atoms with Gasteiger partial charge in [-0.1, -0.05) is 82.7 Å². The van der Waals surface area contributed by atoms with Gasteiger partial charge in [0.1, 0.15) is 48.2 Å². The minimum atomic E-state index is -2.51. The van der Waals surface area contributed by atoms with Crippen molar-refractivity contribution in [2.45, 2.75) is 180 Å². The highest BCUT2D eigenvalue weighted by molar-refractivity contribution is 6.39. The number of carbonyl (C=O) groups excluding carboxylic acids is 5. The number of nitrogens with zero attached hydrogens (tertiary/aromatic N) is 1. The fraction of sp³-hybridized carbons (Fsp3) is 0.678. The molecule has 16 nitrogen and oxygen atoms in total. The molecule has 4 aliphatic rings. The van der Waals surface area contributed by atoms with Crippen molar-refractivity contribution in [3.8, 4) is 11.5 Å². The van der Waals surface area contributed by atoms with Crippen molar-refractivity contribution in [1.29, 1.82) is 0 Å². The largest absolute Gasteiger partial charge is 0.496 e. The lowest BCUT2D eigenvalue weighted by molar-refractivity contribution is -0.264. The summed E-state index contributed by atoms with van der Waals surface area (Å²) in [5, 5.41) is 43.8. The molecule has 2 bridgehead atoms. The SMILES string of the molecule is COc1cc(OCCO)ccc1[C@H]1C[C@@H]2CC[C@@H](C)[C@@](O)(O2)C(=O)C(=O)N2CCCC[C@H]2C(=O)O[C@H]([C@H](C)C[C@@H]2CC[C@@H](O)[C@H](OC)C2)CC(=O)[C@H](C)/C=C(\C)[C@@H](O)[C@@H](OC)C(=O)[C@H](C)C[C@H](C)/C=C/C=CC=C1C. The summed E-state index contributed by atoms with van der Waals surface area (Å²) in [6.07, 6.45) is 11.1. The van der Waals surface area contributed by atoms with Crippen LogP contribution in [0.15, 0.2) is 65.8 Å². The first-order valence-corrected chi connectivity index (χ1v) is 27.2.